The van der Waals surface area contributed by atoms with Gasteiger partial charge in [0.1, 0.15) is 85.5 Å². The average Bonchev–Trinajstić information content (AvgIpc) is 3.04. The molecule has 20 heteroatoms. The Bertz CT molecular complexity index is 957. The second-order valence-electron chi connectivity index (χ2n) is 11.0. The Morgan fingerprint density at radius 3 is 1.96 bits per heavy atom. The van der Waals surface area contributed by atoms with Gasteiger partial charge in [0.05, 0.1) is 38.5 Å². The summed E-state index contributed by atoms with van der Waals surface area (Å²) in [7, 11) is 0. The average molecular weight is 662 g/mol. The van der Waals surface area contributed by atoms with E-state index < -0.39 is 137 Å². The molecule has 0 amide bonds. The zero-order valence-corrected chi connectivity index (χ0v) is 23.7. The molecular weight excluding hydrogens is 618 g/mol. The van der Waals surface area contributed by atoms with E-state index in [1.54, 1.807) is 0 Å². The first-order valence-electron chi connectivity index (χ1n) is 14.0. The second kappa shape index (κ2) is 16.7. The summed E-state index contributed by atoms with van der Waals surface area (Å²) in [6, 6.07) is -2.55. The molecule has 1 aliphatic carbocycles. The first kappa shape index (κ1) is 38.1. The van der Waals surface area contributed by atoms with Gasteiger partial charge in [-0.15, -0.1) is 0 Å². The summed E-state index contributed by atoms with van der Waals surface area (Å²) in [5.41, 5.74) is -0.0485. The normalized spacial score (nSPS) is 43.6. The molecule has 0 spiro atoms. The molecule has 0 aromatic heterocycles. The van der Waals surface area contributed by atoms with Crippen LogP contribution < -0.4 is 5.32 Å². The Kier molecular flexibility index (Phi) is 14.1. The molecule has 0 unspecified atom stereocenters. The topological polar surface area (TPSA) is 349 Å². The summed E-state index contributed by atoms with van der Waals surface area (Å²) >= 11 is 0. The number of ether oxygens (including phenoxy) is 4. The largest absolute Gasteiger partial charge is 0.394 e. The van der Waals surface area contributed by atoms with Crippen molar-refractivity contribution in [3.8, 4) is 0 Å². The van der Waals surface area contributed by atoms with Gasteiger partial charge in [-0.05, 0) is 5.57 Å². The molecule has 0 bridgehead atoms. The summed E-state index contributed by atoms with van der Waals surface area (Å²) in [6.07, 6.45) is -28.3. The van der Waals surface area contributed by atoms with Crippen LogP contribution in [-0.4, -0.2) is 214 Å². The van der Waals surface area contributed by atoms with Gasteiger partial charge in [0, 0.05) is 0 Å². The molecular formula is C25H43NO19. The maximum Gasteiger partial charge on any atom is 0.187 e. The standard InChI is InChI=1S/C25H43NO19/c27-2-7-1-8(15(35)18(38)14(7)34)26-13-11(5-30)42-24(20(40)17(13)37)45-23-12(6-31)43-25(21(41)19(23)39)44-22(10(33)4-29)16(36)9(32)3-28/h1,3,8-27,29-41H,2,4-6H2/t8-,9-,10+,11+,12+,13+,14+,15-,16+,17-,18-,19+,20+,21+,22+,23+,24-,25+/m0/s1. The predicted molar refractivity (Wildman–Crippen MR) is 140 cm³/mol. The minimum Gasteiger partial charge on any atom is -0.394 e. The molecule has 0 aromatic rings. The minimum absolute atomic E-state index is 0.0485. The molecule has 2 aliphatic heterocycles. The number of aldehydes is 1. The maximum absolute atomic E-state index is 10.9. The first-order chi connectivity index (χ1) is 21.2. The van der Waals surface area contributed by atoms with E-state index in [9.17, 15) is 76.3 Å². The van der Waals surface area contributed by atoms with E-state index in [4.69, 9.17) is 18.9 Å². The molecule has 2 fully saturated rings. The van der Waals surface area contributed by atoms with Crippen molar-refractivity contribution >= 4 is 6.29 Å². The minimum atomic E-state index is -2.13. The van der Waals surface area contributed by atoms with Crippen molar-refractivity contribution < 1.29 is 95.2 Å². The molecule has 262 valence electrons. The molecule has 3 rings (SSSR count). The van der Waals surface area contributed by atoms with Crippen molar-refractivity contribution in [2.45, 2.75) is 110 Å². The van der Waals surface area contributed by atoms with E-state index in [1.165, 1.54) is 6.08 Å². The van der Waals surface area contributed by atoms with Crippen LogP contribution in [0.4, 0.5) is 0 Å². The molecule has 18 atom stereocenters. The van der Waals surface area contributed by atoms with E-state index >= 15 is 0 Å². The third kappa shape index (κ3) is 8.21. The van der Waals surface area contributed by atoms with Crippen LogP contribution in [-0.2, 0) is 23.7 Å². The van der Waals surface area contributed by atoms with Gasteiger partial charge in [0.15, 0.2) is 18.9 Å². The van der Waals surface area contributed by atoms with Crippen LogP contribution in [0.3, 0.4) is 0 Å². The quantitative estimate of drug-likeness (QED) is 0.0606. The van der Waals surface area contributed by atoms with Crippen LogP contribution in [0.5, 0.6) is 0 Å². The van der Waals surface area contributed by atoms with Crippen LogP contribution in [0.2, 0.25) is 0 Å². The van der Waals surface area contributed by atoms with Gasteiger partial charge in [-0.25, -0.2) is 0 Å². The number of carbonyl (C=O) groups excluding carboxylic acids is 1. The van der Waals surface area contributed by atoms with Gasteiger partial charge >= 0.3 is 0 Å². The van der Waals surface area contributed by atoms with Crippen LogP contribution in [0.1, 0.15) is 0 Å². The lowest BCUT2D eigenvalue weighted by molar-refractivity contribution is -0.362. The van der Waals surface area contributed by atoms with E-state index in [0.29, 0.717) is 0 Å². The first-order valence-corrected chi connectivity index (χ1v) is 14.0. The van der Waals surface area contributed by atoms with E-state index in [1.807, 2.05) is 0 Å². The molecule has 3 aliphatic rings. The zero-order chi connectivity index (χ0) is 33.7. The number of carbonyl (C=O) groups is 1. The fourth-order valence-corrected chi connectivity index (χ4v) is 5.39. The maximum atomic E-state index is 10.9. The van der Waals surface area contributed by atoms with Crippen molar-refractivity contribution in [1.29, 1.82) is 0 Å². The SMILES string of the molecule is O=C[C@H](O)[C@@H](O)[C@H](O[C@H]1O[C@H](CO)[C@@H](O[C@@H]2O[C@H](CO)[C@@H](N[C@H]3C=C(CO)[C@@H](O)[C@H](O)[C@H]3O)[C@H](O)[C@H]2O)[C@H](O)[C@H]1O)[C@H](O)CO. The van der Waals surface area contributed by atoms with Crippen LogP contribution in [0, 0.1) is 0 Å². The second-order valence-corrected chi connectivity index (χ2v) is 11.0. The summed E-state index contributed by atoms with van der Waals surface area (Å²) in [4.78, 5) is 10.9. The molecule has 15 N–H and O–H groups in total. The van der Waals surface area contributed by atoms with Crippen molar-refractivity contribution in [2.24, 2.45) is 0 Å². The van der Waals surface area contributed by atoms with Gasteiger partial charge in [-0.1, -0.05) is 6.08 Å². The lowest BCUT2D eigenvalue weighted by Gasteiger charge is -2.48. The summed E-state index contributed by atoms with van der Waals surface area (Å²) in [5.74, 6) is 0. The number of aliphatic hydroxyl groups is 14. The number of nitrogens with one attached hydrogen (secondary N) is 1. The van der Waals surface area contributed by atoms with Crippen LogP contribution in [0.15, 0.2) is 11.6 Å². The summed E-state index contributed by atoms with van der Waals surface area (Å²) in [6.45, 7) is -3.46. The van der Waals surface area contributed by atoms with Gasteiger partial charge in [-0.2, -0.15) is 0 Å². The number of aliphatic hydroxyl groups excluding tert-OH is 14. The van der Waals surface area contributed by atoms with Crippen molar-refractivity contribution in [2.75, 3.05) is 26.4 Å². The molecule has 45 heavy (non-hydrogen) atoms. The number of hydrogen-bond acceptors (Lipinski definition) is 20. The highest BCUT2D eigenvalue weighted by atomic mass is 16.7. The lowest BCUT2D eigenvalue weighted by atomic mass is 9.86. The van der Waals surface area contributed by atoms with Crippen LogP contribution in [0.25, 0.3) is 0 Å². The third-order valence-corrected chi connectivity index (χ3v) is 8.06. The zero-order valence-electron chi connectivity index (χ0n) is 23.7. The Hall–Kier alpha value is -1.35. The number of hydrogen-bond donors (Lipinski definition) is 15. The molecule has 2 saturated heterocycles. The van der Waals surface area contributed by atoms with E-state index in [-0.39, 0.29) is 11.9 Å². The molecule has 2 heterocycles. The summed E-state index contributed by atoms with van der Waals surface area (Å²) < 4.78 is 21.8. The fraction of sp³-hybridized carbons (Fsp3) is 0.880. The summed E-state index contributed by atoms with van der Waals surface area (Å²) in [5, 5.41) is 145. The molecule has 0 radical (unpaired) electrons. The molecule has 20 nitrogen and oxygen atoms in total. The van der Waals surface area contributed by atoms with Gasteiger partial charge in [0.25, 0.3) is 0 Å². The highest BCUT2D eigenvalue weighted by Gasteiger charge is 2.52. The third-order valence-electron chi connectivity index (χ3n) is 8.06. The van der Waals surface area contributed by atoms with E-state index in [2.05, 4.69) is 5.32 Å². The highest BCUT2D eigenvalue weighted by molar-refractivity contribution is 5.56. The monoisotopic (exact) mass is 661 g/mol. The molecule has 0 aromatic carbocycles. The van der Waals surface area contributed by atoms with Crippen molar-refractivity contribution in [1.82, 2.24) is 5.32 Å². The Labute approximate surface area is 255 Å². The lowest BCUT2D eigenvalue weighted by Crippen LogP contribution is -2.69. The fourth-order valence-electron chi connectivity index (χ4n) is 5.39. The smallest absolute Gasteiger partial charge is 0.187 e. The Morgan fingerprint density at radius 2 is 1.40 bits per heavy atom. The highest BCUT2D eigenvalue weighted by Crippen LogP contribution is 2.31. The molecule has 0 saturated carbocycles. The van der Waals surface area contributed by atoms with Gasteiger partial charge < -0.3 is 101 Å². The van der Waals surface area contributed by atoms with Crippen LogP contribution >= 0.6 is 0 Å². The van der Waals surface area contributed by atoms with Crippen molar-refractivity contribution in [3.63, 3.8) is 0 Å². The Balaban J connectivity index is 1.74. The predicted octanol–water partition coefficient (Wildman–Crippen LogP) is -9.75. The number of rotatable bonds is 14. The van der Waals surface area contributed by atoms with E-state index in [0.717, 1.165) is 0 Å². The van der Waals surface area contributed by atoms with Gasteiger partial charge in [0.2, 0.25) is 0 Å². The van der Waals surface area contributed by atoms with Crippen molar-refractivity contribution in [3.05, 3.63) is 11.6 Å². The Morgan fingerprint density at radius 1 is 0.800 bits per heavy atom. The van der Waals surface area contributed by atoms with Gasteiger partial charge in [-0.3, -0.25) is 0 Å².